The Balaban J connectivity index is 0.000000274. The van der Waals surface area contributed by atoms with E-state index < -0.39 is 11.9 Å². The SMILES string of the molecule is C=CC[NH+](CC=C)CCc1c[nH]c2ccc(OC)cc12.C=CC[NH+](CC=C)CCc1c[nH]c2ccc(OC)cc12.O=C([O-])/C=C/C(=O)[O-]. The highest BCUT2D eigenvalue weighted by Crippen LogP contribution is 2.24. The normalized spacial score (nSPS) is 10.7. The minimum absolute atomic E-state index is 0.384. The number of quaternary nitrogens is 2. The highest BCUT2D eigenvalue weighted by Gasteiger charge is 2.11. The molecule has 256 valence electrons. The number of aromatic amines is 2. The molecule has 0 saturated carbocycles. The molecule has 0 aliphatic carbocycles. The summed E-state index contributed by atoms with van der Waals surface area (Å²) in [4.78, 5) is 28.4. The molecule has 0 atom stereocenters. The van der Waals surface area contributed by atoms with Crippen LogP contribution in [0.25, 0.3) is 21.8 Å². The van der Waals surface area contributed by atoms with E-state index in [-0.39, 0.29) is 0 Å². The number of hydrogen-bond acceptors (Lipinski definition) is 6. The Bertz CT molecular complexity index is 1530. The lowest BCUT2D eigenvalue weighted by Crippen LogP contribution is -3.11. The maximum absolute atomic E-state index is 9.41. The third-order valence-corrected chi connectivity index (χ3v) is 7.53. The zero-order chi connectivity index (χ0) is 35.3. The monoisotopic (exact) mass is 656 g/mol. The number of fused-ring (bicyclic) bond motifs is 2. The van der Waals surface area contributed by atoms with Gasteiger partial charge in [0.25, 0.3) is 0 Å². The molecule has 0 bridgehead atoms. The number of carbonyl (C=O) groups excluding carboxylic acids is 2. The van der Waals surface area contributed by atoms with Crippen LogP contribution in [0.2, 0.25) is 0 Å². The van der Waals surface area contributed by atoms with Gasteiger partial charge in [-0.2, -0.15) is 0 Å². The number of hydrogen-bond donors (Lipinski definition) is 4. The Morgan fingerprint density at radius 1 is 0.667 bits per heavy atom. The van der Waals surface area contributed by atoms with Crippen molar-refractivity contribution in [3.8, 4) is 11.5 Å². The van der Waals surface area contributed by atoms with Crippen LogP contribution in [-0.4, -0.2) is 75.4 Å². The van der Waals surface area contributed by atoms with E-state index in [1.54, 1.807) is 14.2 Å². The van der Waals surface area contributed by atoms with Crippen molar-refractivity contribution in [3.63, 3.8) is 0 Å². The first-order valence-electron chi connectivity index (χ1n) is 15.7. The lowest BCUT2D eigenvalue weighted by molar-refractivity contribution is -0.887. The highest BCUT2D eigenvalue weighted by molar-refractivity contribution is 5.87. The first-order chi connectivity index (χ1) is 23.2. The summed E-state index contributed by atoms with van der Waals surface area (Å²) in [5.74, 6) is -1.29. The lowest BCUT2D eigenvalue weighted by atomic mass is 10.1. The van der Waals surface area contributed by atoms with E-state index in [0.717, 1.165) is 74.6 Å². The van der Waals surface area contributed by atoms with Gasteiger partial charge in [-0.15, -0.1) is 0 Å². The van der Waals surface area contributed by atoms with Gasteiger partial charge in [-0.1, -0.05) is 26.3 Å². The minimum Gasteiger partial charge on any atom is -0.545 e. The topological polar surface area (TPSA) is 139 Å². The number of methoxy groups -OCH3 is 2. The van der Waals surface area contributed by atoms with Gasteiger partial charge in [-0.25, -0.2) is 0 Å². The molecule has 10 heteroatoms. The molecule has 0 radical (unpaired) electrons. The van der Waals surface area contributed by atoms with E-state index in [9.17, 15) is 19.8 Å². The second-order valence-electron chi connectivity index (χ2n) is 10.9. The fourth-order valence-corrected chi connectivity index (χ4v) is 5.13. The summed E-state index contributed by atoms with van der Waals surface area (Å²) in [5, 5.41) is 21.3. The molecule has 0 saturated heterocycles. The van der Waals surface area contributed by atoms with Gasteiger partial charge in [-0.05, 0) is 84.0 Å². The zero-order valence-corrected chi connectivity index (χ0v) is 28.0. The van der Waals surface area contributed by atoms with Crippen molar-refractivity contribution < 1.29 is 39.1 Å². The number of aliphatic carboxylic acids is 2. The van der Waals surface area contributed by atoms with Gasteiger partial charge in [0.15, 0.2) is 0 Å². The van der Waals surface area contributed by atoms with Crippen LogP contribution in [0.5, 0.6) is 11.5 Å². The lowest BCUT2D eigenvalue weighted by Gasteiger charge is -2.15. The summed E-state index contributed by atoms with van der Waals surface area (Å²) >= 11 is 0. The van der Waals surface area contributed by atoms with Crippen LogP contribution in [0.1, 0.15) is 11.1 Å². The van der Waals surface area contributed by atoms with Crippen molar-refractivity contribution in [2.24, 2.45) is 0 Å². The first-order valence-corrected chi connectivity index (χ1v) is 15.7. The molecule has 2 aromatic heterocycles. The van der Waals surface area contributed by atoms with Crippen molar-refractivity contribution in [1.29, 1.82) is 0 Å². The molecule has 0 unspecified atom stereocenters. The standard InChI is InChI=1S/2C17H22N2O.C4H4O4/c2*1-4-9-19(10-5-2)11-8-14-13-18-17-7-6-15(20-3)12-16(14)17;5-3(6)1-2-4(7)8/h2*4-7,12-13,18H,1-2,8-11H2,3H3;1-2H,(H,5,6)(H,7,8)/b;;2-1+. The van der Waals surface area contributed by atoms with Gasteiger partial charge in [0.05, 0.1) is 65.4 Å². The second-order valence-corrected chi connectivity index (χ2v) is 10.9. The van der Waals surface area contributed by atoms with Gasteiger partial charge >= 0.3 is 0 Å². The summed E-state index contributed by atoms with van der Waals surface area (Å²) in [6.45, 7) is 21.3. The van der Waals surface area contributed by atoms with Gasteiger partial charge < -0.3 is 49.0 Å². The van der Waals surface area contributed by atoms with E-state index in [1.807, 2.05) is 36.4 Å². The molecule has 2 heterocycles. The maximum atomic E-state index is 9.41. The van der Waals surface area contributed by atoms with E-state index >= 15 is 0 Å². The highest BCUT2D eigenvalue weighted by atomic mass is 16.5. The number of aromatic nitrogens is 2. The van der Waals surface area contributed by atoms with Crippen molar-refractivity contribution in [3.05, 3.63) is 123 Å². The molecule has 0 amide bonds. The van der Waals surface area contributed by atoms with E-state index in [2.05, 4.69) is 72.9 Å². The van der Waals surface area contributed by atoms with Crippen LogP contribution >= 0.6 is 0 Å². The van der Waals surface area contributed by atoms with Crippen molar-refractivity contribution in [2.75, 3.05) is 53.5 Å². The minimum atomic E-state index is -1.55. The average Bonchev–Trinajstić information content (AvgIpc) is 3.69. The summed E-state index contributed by atoms with van der Waals surface area (Å²) in [7, 11) is 3.40. The number of carboxylic acid groups (broad SMARTS) is 2. The molecule has 2 aromatic carbocycles. The summed E-state index contributed by atoms with van der Waals surface area (Å²) in [5.41, 5.74) is 5.00. The maximum Gasteiger partial charge on any atom is 0.119 e. The molecule has 10 nitrogen and oxygen atoms in total. The number of ether oxygens (including phenoxy) is 2. The molecular formula is C38H48N4O6. The second kappa shape index (κ2) is 21.5. The number of nitrogens with one attached hydrogen (secondary N) is 4. The number of benzene rings is 2. The van der Waals surface area contributed by atoms with Crippen molar-refractivity contribution in [2.45, 2.75) is 12.8 Å². The predicted molar refractivity (Wildman–Crippen MR) is 188 cm³/mol. The Hall–Kier alpha value is -5.32. The van der Waals surface area contributed by atoms with Crippen LogP contribution in [-0.2, 0) is 22.4 Å². The van der Waals surface area contributed by atoms with Gasteiger partial charge in [0, 0.05) is 47.0 Å². The summed E-state index contributed by atoms with van der Waals surface area (Å²) in [6, 6.07) is 12.3. The quantitative estimate of drug-likeness (QED) is 0.0932. The van der Waals surface area contributed by atoms with Crippen LogP contribution in [0.15, 0.2) is 112 Å². The van der Waals surface area contributed by atoms with E-state index in [1.165, 1.54) is 31.7 Å². The largest absolute Gasteiger partial charge is 0.545 e. The first kappa shape index (κ1) is 38.9. The molecular weight excluding hydrogens is 608 g/mol. The molecule has 4 rings (SSSR count). The van der Waals surface area contributed by atoms with Crippen LogP contribution < -0.4 is 29.5 Å². The van der Waals surface area contributed by atoms with Gasteiger partial charge in [-0.3, -0.25) is 0 Å². The molecule has 4 aromatic rings. The number of H-pyrrole nitrogens is 2. The van der Waals surface area contributed by atoms with Gasteiger partial charge in [0.1, 0.15) is 11.5 Å². The summed E-state index contributed by atoms with van der Waals surface area (Å²) < 4.78 is 10.6. The fourth-order valence-electron chi connectivity index (χ4n) is 5.13. The number of carbonyl (C=O) groups is 2. The molecule has 0 aliphatic rings. The Morgan fingerprint density at radius 2 is 1.02 bits per heavy atom. The Kier molecular flexibility index (Phi) is 17.4. The molecule has 48 heavy (non-hydrogen) atoms. The third kappa shape index (κ3) is 13.2. The van der Waals surface area contributed by atoms with E-state index in [4.69, 9.17) is 9.47 Å². The Labute approximate surface area is 283 Å². The number of carboxylic acids is 2. The number of rotatable bonds is 18. The molecule has 4 N–H and O–H groups in total. The Morgan fingerprint density at radius 3 is 1.31 bits per heavy atom. The average molecular weight is 657 g/mol. The smallest absolute Gasteiger partial charge is 0.119 e. The molecule has 0 fully saturated rings. The molecule has 0 aliphatic heterocycles. The molecule has 0 spiro atoms. The predicted octanol–water partition coefficient (Wildman–Crippen LogP) is 0.994. The van der Waals surface area contributed by atoms with Crippen LogP contribution in [0.3, 0.4) is 0 Å². The third-order valence-electron chi connectivity index (χ3n) is 7.53. The van der Waals surface area contributed by atoms with Crippen LogP contribution in [0, 0.1) is 0 Å². The van der Waals surface area contributed by atoms with Crippen molar-refractivity contribution >= 4 is 33.7 Å². The van der Waals surface area contributed by atoms with E-state index in [0.29, 0.717) is 12.2 Å². The van der Waals surface area contributed by atoms with Crippen molar-refractivity contribution in [1.82, 2.24) is 9.97 Å². The summed E-state index contributed by atoms with van der Waals surface area (Å²) in [6.07, 6.45) is 14.9. The zero-order valence-electron chi connectivity index (χ0n) is 28.0. The van der Waals surface area contributed by atoms with Gasteiger partial charge in [0.2, 0.25) is 0 Å². The van der Waals surface area contributed by atoms with Crippen LogP contribution in [0.4, 0.5) is 0 Å². The fraction of sp³-hybridized carbons (Fsp3) is 0.263.